The van der Waals surface area contributed by atoms with Gasteiger partial charge in [0, 0.05) is 19.3 Å². The zero-order valence-electron chi connectivity index (χ0n) is 17.9. The van der Waals surface area contributed by atoms with Gasteiger partial charge in [0.2, 0.25) is 5.91 Å². The van der Waals surface area contributed by atoms with E-state index in [9.17, 15) is 14.0 Å². The number of halogens is 1. The van der Waals surface area contributed by atoms with Crippen LogP contribution in [0.2, 0.25) is 0 Å². The minimum atomic E-state index is -0.579. The molecule has 166 valence electrons. The first kappa shape index (κ1) is 22.0. The molecule has 0 saturated carbocycles. The number of anilines is 1. The topological polar surface area (TPSA) is 80.1 Å². The van der Waals surface area contributed by atoms with Crippen LogP contribution in [-0.4, -0.2) is 38.9 Å². The van der Waals surface area contributed by atoms with Crippen molar-refractivity contribution in [2.75, 3.05) is 17.2 Å². The molecule has 7 nitrogen and oxygen atoms in total. The first-order valence-electron chi connectivity index (χ1n) is 10.4. The fraction of sp³-hybridized carbons (Fsp3) is 0.304. The van der Waals surface area contributed by atoms with Crippen molar-refractivity contribution >= 4 is 29.3 Å². The van der Waals surface area contributed by atoms with Gasteiger partial charge in [-0.1, -0.05) is 42.1 Å². The van der Waals surface area contributed by atoms with Gasteiger partial charge >= 0.3 is 0 Å². The smallest absolute Gasteiger partial charge is 0.254 e. The Kier molecular flexibility index (Phi) is 6.55. The van der Waals surface area contributed by atoms with Crippen molar-refractivity contribution in [1.82, 2.24) is 20.1 Å². The summed E-state index contributed by atoms with van der Waals surface area (Å²) in [5, 5.41) is 11.7. The van der Waals surface area contributed by atoms with Crippen LogP contribution in [-0.2, 0) is 18.3 Å². The van der Waals surface area contributed by atoms with Gasteiger partial charge in [-0.3, -0.25) is 9.59 Å². The largest absolute Gasteiger partial charge is 0.342 e. The highest BCUT2D eigenvalue weighted by molar-refractivity contribution is 7.99. The Balaban J connectivity index is 1.40. The lowest BCUT2D eigenvalue weighted by Gasteiger charge is -2.29. The van der Waals surface area contributed by atoms with Crippen molar-refractivity contribution in [2.24, 2.45) is 7.05 Å². The molecule has 32 heavy (non-hydrogen) atoms. The molecule has 4 rings (SSSR count). The van der Waals surface area contributed by atoms with E-state index in [4.69, 9.17) is 0 Å². The number of fused-ring (bicyclic) bond motifs is 1. The third kappa shape index (κ3) is 4.52. The number of thioether (sulfide) groups is 1. The highest BCUT2D eigenvalue weighted by atomic mass is 32.2. The molecular weight excluding hydrogens is 429 g/mol. The van der Waals surface area contributed by atoms with Crippen molar-refractivity contribution < 1.29 is 14.0 Å². The van der Waals surface area contributed by atoms with Crippen LogP contribution in [0.15, 0.2) is 53.7 Å². The molecule has 3 aromatic rings. The fourth-order valence-electron chi connectivity index (χ4n) is 3.81. The molecule has 1 atom stereocenters. The first-order valence-corrected chi connectivity index (χ1v) is 11.4. The molecule has 1 aliphatic rings. The number of aromatic nitrogens is 3. The monoisotopic (exact) mass is 453 g/mol. The molecule has 2 aromatic carbocycles. The maximum absolute atomic E-state index is 13.9. The molecule has 2 amide bonds. The van der Waals surface area contributed by atoms with E-state index in [1.54, 1.807) is 24.6 Å². The van der Waals surface area contributed by atoms with Crippen LogP contribution in [0.1, 0.15) is 41.1 Å². The number of rotatable bonds is 6. The standard InChI is InChI=1S/C23H24FN5O2S/c1-15(25-22(31)17-10-4-5-11-18(17)24)21-26-27-23(28(21)2)32-14-20(30)29-13-7-9-16-8-3-6-12-19(16)29/h3-6,8,10-12,15H,7,9,13-14H2,1-2H3,(H,25,31)/t15-/m0/s1. The molecule has 0 spiro atoms. The van der Waals surface area contributed by atoms with Crippen molar-refractivity contribution in [1.29, 1.82) is 0 Å². The van der Waals surface area contributed by atoms with Gasteiger partial charge in [0.25, 0.3) is 5.91 Å². The van der Waals surface area contributed by atoms with Crippen LogP contribution in [0.3, 0.4) is 0 Å². The van der Waals surface area contributed by atoms with E-state index >= 15 is 0 Å². The van der Waals surface area contributed by atoms with Crippen molar-refractivity contribution in [2.45, 2.75) is 31.0 Å². The Bertz CT molecular complexity index is 1150. The number of aryl methyl sites for hydroxylation is 1. The summed E-state index contributed by atoms with van der Waals surface area (Å²) < 4.78 is 15.6. The first-order chi connectivity index (χ1) is 15.5. The lowest BCUT2D eigenvalue weighted by Crippen LogP contribution is -2.36. The van der Waals surface area contributed by atoms with E-state index in [1.807, 2.05) is 23.1 Å². The second-order valence-electron chi connectivity index (χ2n) is 7.64. The SMILES string of the molecule is C[C@H](NC(=O)c1ccccc1F)c1nnc(SCC(=O)N2CCCc3ccccc32)n1C. The zero-order valence-corrected chi connectivity index (χ0v) is 18.7. The predicted octanol–water partition coefficient (Wildman–Crippen LogP) is 3.52. The summed E-state index contributed by atoms with van der Waals surface area (Å²) in [5.74, 6) is -0.326. The number of carbonyl (C=O) groups excluding carboxylic acids is 2. The number of nitrogens with one attached hydrogen (secondary N) is 1. The molecule has 0 bridgehead atoms. The Morgan fingerprint density at radius 2 is 1.91 bits per heavy atom. The van der Waals surface area contributed by atoms with E-state index in [2.05, 4.69) is 21.6 Å². The number of benzene rings is 2. The quantitative estimate of drug-likeness (QED) is 0.578. The molecule has 0 unspecified atom stereocenters. The number of nitrogens with zero attached hydrogens (tertiary/aromatic N) is 4. The molecule has 0 aliphatic carbocycles. The third-order valence-electron chi connectivity index (χ3n) is 5.46. The fourth-order valence-corrected chi connectivity index (χ4v) is 4.60. The molecule has 1 aliphatic heterocycles. The van der Waals surface area contributed by atoms with Crippen LogP contribution in [0.25, 0.3) is 0 Å². The molecular formula is C23H24FN5O2S. The molecule has 1 aromatic heterocycles. The molecule has 2 heterocycles. The van der Waals surface area contributed by atoms with Crippen LogP contribution < -0.4 is 10.2 Å². The minimum absolute atomic E-state index is 0.0209. The summed E-state index contributed by atoms with van der Waals surface area (Å²) in [7, 11) is 1.78. The Morgan fingerprint density at radius 3 is 2.72 bits per heavy atom. The van der Waals surface area contributed by atoms with Gasteiger partial charge in [-0.05, 0) is 43.5 Å². The van der Waals surface area contributed by atoms with Crippen molar-refractivity contribution in [3.05, 3.63) is 71.3 Å². The summed E-state index contributed by atoms with van der Waals surface area (Å²) in [6.07, 6.45) is 1.93. The van der Waals surface area contributed by atoms with Gasteiger partial charge < -0.3 is 14.8 Å². The normalized spacial score (nSPS) is 14.0. The van der Waals surface area contributed by atoms with Gasteiger partial charge in [0.15, 0.2) is 11.0 Å². The molecule has 1 N–H and O–H groups in total. The van der Waals surface area contributed by atoms with Gasteiger partial charge in [-0.15, -0.1) is 10.2 Å². The minimum Gasteiger partial charge on any atom is -0.342 e. The second kappa shape index (κ2) is 9.52. The Hall–Kier alpha value is -3.20. The van der Waals surface area contributed by atoms with Crippen LogP contribution in [0, 0.1) is 5.82 Å². The Labute approximate surface area is 190 Å². The van der Waals surface area contributed by atoms with Crippen molar-refractivity contribution in [3.63, 3.8) is 0 Å². The number of hydrogen-bond acceptors (Lipinski definition) is 5. The van der Waals surface area contributed by atoms with Gasteiger partial charge in [0.1, 0.15) is 5.82 Å². The van der Waals surface area contributed by atoms with Gasteiger partial charge in [0.05, 0.1) is 17.4 Å². The van der Waals surface area contributed by atoms with Gasteiger partial charge in [-0.2, -0.15) is 0 Å². The van der Waals surface area contributed by atoms with E-state index in [0.29, 0.717) is 17.5 Å². The van der Waals surface area contributed by atoms with Crippen molar-refractivity contribution in [3.8, 4) is 0 Å². The molecule has 0 radical (unpaired) electrons. The lowest BCUT2D eigenvalue weighted by atomic mass is 10.0. The third-order valence-corrected chi connectivity index (χ3v) is 6.46. The lowest BCUT2D eigenvalue weighted by molar-refractivity contribution is -0.116. The average molecular weight is 454 g/mol. The summed E-state index contributed by atoms with van der Waals surface area (Å²) >= 11 is 1.30. The zero-order chi connectivity index (χ0) is 22.7. The summed E-state index contributed by atoms with van der Waals surface area (Å²) in [6, 6.07) is 13.3. The van der Waals surface area contributed by atoms with E-state index < -0.39 is 17.8 Å². The van der Waals surface area contributed by atoms with Crippen LogP contribution >= 0.6 is 11.8 Å². The average Bonchev–Trinajstić information content (AvgIpc) is 3.17. The summed E-state index contributed by atoms with van der Waals surface area (Å²) in [5.41, 5.74) is 2.15. The second-order valence-corrected chi connectivity index (χ2v) is 8.58. The predicted molar refractivity (Wildman–Crippen MR) is 121 cm³/mol. The Morgan fingerprint density at radius 1 is 1.16 bits per heavy atom. The van der Waals surface area contributed by atoms with E-state index in [1.165, 1.54) is 35.5 Å². The van der Waals surface area contributed by atoms with E-state index in [0.717, 1.165) is 18.5 Å². The molecule has 9 heteroatoms. The maximum Gasteiger partial charge on any atom is 0.254 e. The van der Waals surface area contributed by atoms with Gasteiger partial charge in [-0.25, -0.2) is 4.39 Å². The summed E-state index contributed by atoms with van der Waals surface area (Å²) in [4.78, 5) is 27.1. The number of amides is 2. The highest BCUT2D eigenvalue weighted by Crippen LogP contribution is 2.28. The van der Waals surface area contributed by atoms with Crippen LogP contribution in [0.5, 0.6) is 0 Å². The number of carbonyl (C=O) groups is 2. The molecule has 0 fully saturated rings. The maximum atomic E-state index is 13.9. The number of para-hydroxylation sites is 1. The number of hydrogen-bond donors (Lipinski definition) is 1. The summed E-state index contributed by atoms with van der Waals surface area (Å²) in [6.45, 7) is 2.46. The highest BCUT2D eigenvalue weighted by Gasteiger charge is 2.24. The van der Waals surface area contributed by atoms with E-state index in [-0.39, 0.29) is 17.2 Å². The van der Waals surface area contributed by atoms with Crippen LogP contribution in [0.4, 0.5) is 10.1 Å². The molecule has 0 saturated heterocycles.